The van der Waals surface area contributed by atoms with Crippen molar-refractivity contribution in [2.45, 2.75) is 26.7 Å². The zero-order valence-corrected chi connectivity index (χ0v) is 10.7. The quantitative estimate of drug-likeness (QED) is 0.852. The van der Waals surface area contributed by atoms with Crippen LogP contribution >= 0.6 is 11.6 Å². The number of hydrogen-bond donors (Lipinski definition) is 1. The molecule has 0 atom stereocenters. The first-order valence-corrected chi connectivity index (χ1v) is 6.03. The third-order valence-electron chi connectivity index (χ3n) is 2.63. The van der Waals surface area contributed by atoms with E-state index < -0.39 is 0 Å². The van der Waals surface area contributed by atoms with Crippen LogP contribution in [0.2, 0.25) is 5.15 Å². The molecule has 0 saturated carbocycles. The maximum Gasteiger partial charge on any atom is 0.178 e. The summed E-state index contributed by atoms with van der Waals surface area (Å²) in [6.07, 6.45) is 1.76. The highest BCUT2D eigenvalue weighted by Crippen LogP contribution is 2.20. The van der Waals surface area contributed by atoms with Crippen LogP contribution in [-0.2, 0) is 12.8 Å². The van der Waals surface area contributed by atoms with Gasteiger partial charge in [0.05, 0.1) is 11.4 Å². The van der Waals surface area contributed by atoms with Crippen molar-refractivity contribution >= 4 is 17.3 Å². The van der Waals surface area contributed by atoms with Crippen LogP contribution in [0.1, 0.15) is 25.2 Å². The second-order valence-electron chi connectivity index (χ2n) is 3.79. The van der Waals surface area contributed by atoms with Crippen LogP contribution in [-0.4, -0.2) is 14.8 Å². The largest absolute Gasteiger partial charge is 0.396 e. The number of hydrogen-bond acceptors (Lipinski definition) is 3. The third-order valence-corrected chi connectivity index (χ3v) is 2.84. The van der Waals surface area contributed by atoms with E-state index in [1.54, 1.807) is 16.8 Å². The number of anilines is 1. The molecule has 0 radical (unpaired) electrons. The zero-order valence-electron chi connectivity index (χ0n) is 9.94. The average molecular weight is 251 g/mol. The predicted molar refractivity (Wildman–Crippen MR) is 69.5 cm³/mol. The second-order valence-corrected chi connectivity index (χ2v) is 4.18. The molecule has 0 saturated heterocycles. The molecule has 0 amide bonds. The average Bonchev–Trinajstić information content (AvgIpc) is 2.75. The standard InChI is InChI=1S/C12H15ClN4/c1-3-8-7-9(4-2)17(16-8)12-10(14)5-6-11(13)15-12/h5-7H,3-4,14H2,1-2H3. The Morgan fingerprint density at radius 3 is 2.71 bits per heavy atom. The number of nitrogen functional groups attached to an aromatic ring is 1. The molecule has 17 heavy (non-hydrogen) atoms. The molecule has 0 aromatic carbocycles. The molecule has 0 aliphatic heterocycles. The Morgan fingerprint density at radius 1 is 1.29 bits per heavy atom. The van der Waals surface area contributed by atoms with E-state index in [-0.39, 0.29) is 0 Å². The highest BCUT2D eigenvalue weighted by atomic mass is 35.5. The molecule has 2 aromatic heterocycles. The van der Waals surface area contributed by atoms with E-state index in [4.69, 9.17) is 17.3 Å². The van der Waals surface area contributed by atoms with Crippen molar-refractivity contribution < 1.29 is 0 Å². The van der Waals surface area contributed by atoms with Crippen LogP contribution in [0.3, 0.4) is 0 Å². The highest BCUT2D eigenvalue weighted by Gasteiger charge is 2.11. The van der Waals surface area contributed by atoms with Crippen molar-refractivity contribution in [2.75, 3.05) is 5.73 Å². The van der Waals surface area contributed by atoms with Crippen LogP contribution in [0.15, 0.2) is 18.2 Å². The summed E-state index contributed by atoms with van der Waals surface area (Å²) in [6, 6.07) is 5.50. The lowest BCUT2D eigenvalue weighted by molar-refractivity contribution is 0.775. The lowest BCUT2D eigenvalue weighted by Crippen LogP contribution is -2.07. The molecule has 2 N–H and O–H groups in total. The number of halogens is 1. The third kappa shape index (κ3) is 2.26. The molecular weight excluding hydrogens is 236 g/mol. The van der Waals surface area contributed by atoms with Gasteiger partial charge >= 0.3 is 0 Å². The Morgan fingerprint density at radius 2 is 2.06 bits per heavy atom. The molecule has 0 fully saturated rings. The topological polar surface area (TPSA) is 56.7 Å². The molecule has 4 nitrogen and oxygen atoms in total. The van der Waals surface area contributed by atoms with Gasteiger partial charge in [-0.3, -0.25) is 0 Å². The van der Waals surface area contributed by atoms with Crippen molar-refractivity contribution in [1.82, 2.24) is 14.8 Å². The van der Waals surface area contributed by atoms with Crippen LogP contribution in [0, 0.1) is 0 Å². The van der Waals surface area contributed by atoms with Gasteiger partial charge < -0.3 is 5.73 Å². The Hall–Kier alpha value is -1.55. The Bertz CT molecular complexity index is 533. The molecular formula is C12H15ClN4. The van der Waals surface area contributed by atoms with E-state index in [1.807, 2.05) is 0 Å². The van der Waals surface area contributed by atoms with Gasteiger partial charge in [-0.05, 0) is 31.0 Å². The van der Waals surface area contributed by atoms with E-state index in [2.05, 4.69) is 30.0 Å². The maximum absolute atomic E-state index is 5.91. The van der Waals surface area contributed by atoms with Crippen LogP contribution < -0.4 is 5.73 Å². The van der Waals surface area contributed by atoms with E-state index in [1.165, 1.54) is 0 Å². The molecule has 0 bridgehead atoms. The Kier molecular flexibility index (Phi) is 3.33. The SMILES string of the molecule is CCc1cc(CC)n(-c2nc(Cl)ccc2N)n1. The number of aryl methyl sites for hydroxylation is 2. The smallest absolute Gasteiger partial charge is 0.178 e. The molecule has 0 aliphatic rings. The minimum absolute atomic E-state index is 0.421. The van der Waals surface area contributed by atoms with Crippen molar-refractivity contribution in [3.05, 3.63) is 34.7 Å². The van der Waals surface area contributed by atoms with E-state index in [0.717, 1.165) is 24.2 Å². The van der Waals surface area contributed by atoms with E-state index >= 15 is 0 Å². The normalized spacial score (nSPS) is 10.8. The molecule has 90 valence electrons. The molecule has 0 unspecified atom stereocenters. The lowest BCUT2D eigenvalue weighted by atomic mass is 10.2. The summed E-state index contributed by atoms with van der Waals surface area (Å²) in [5.41, 5.74) is 8.61. The van der Waals surface area contributed by atoms with Gasteiger partial charge in [0.15, 0.2) is 5.82 Å². The number of nitrogens with zero attached hydrogens (tertiary/aromatic N) is 3. The summed E-state index contributed by atoms with van der Waals surface area (Å²) < 4.78 is 1.78. The number of aromatic nitrogens is 3. The molecule has 0 spiro atoms. The predicted octanol–water partition coefficient (Wildman–Crippen LogP) is 2.63. The van der Waals surface area contributed by atoms with Crippen LogP contribution in [0.4, 0.5) is 5.69 Å². The first kappa shape index (κ1) is 11.9. The van der Waals surface area contributed by atoms with Crippen molar-refractivity contribution in [2.24, 2.45) is 0 Å². The Balaban J connectivity index is 2.58. The van der Waals surface area contributed by atoms with E-state index in [0.29, 0.717) is 16.7 Å². The van der Waals surface area contributed by atoms with Gasteiger partial charge in [-0.2, -0.15) is 5.10 Å². The zero-order chi connectivity index (χ0) is 12.4. The van der Waals surface area contributed by atoms with Gasteiger partial charge in [0.1, 0.15) is 5.15 Å². The molecule has 5 heteroatoms. The molecule has 2 rings (SSSR count). The fourth-order valence-electron chi connectivity index (χ4n) is 1.69. The van der Waals surface area contributed by atoms with Crippen molar-refractivity contribution in [3.63, 3.8) is 0 Å². The second kappa shape index (κ2) is 4.75. The summed E-state index contributed by atoms with van der Waals surface area (Å²) >= 11 is 5.90. The van der Waals surface area contributed by atoms with Gasteiger partial charge in [-0.15, -0.1) is 0 Å². The van der Waals surface area contributed by atoms with Crippen molar-refractivity contribution in [1.29, 1.82) is 0 Å². The highest BCUT2D eigenvalue weighted by molar-refractivity contribution is 6.29. The van der Waals surface area contributed by atoms with Crippen molar-refractivity contribution in [3.8, 4) is 5.82 Å². The van der Waals surface area contributed by atoms with Crippen LogP contribution in [0.5, 0.6) is 0 Å². The fraction of sp³-hybridized carbons (Fsp3) is 0.333. The Labute approximate surface area is 105 Å². The summed E-state index contributed by atoms with van der Waals surface area (Å²) in [7, 11) is 0. The number of nitrogens with two attached hydrogens (primary N) is 1. The van der Waals surface area contributed by atoms with Crippen LogP contribution in [0.25, 0.3) is 5.82 Å². The minimum Gasteiger partial charge on any atom is -0.396 e. The molecule has 2 aromatic rings. The first-order chi connectivity index (χ1) is 8.15. The summed E-state index contributed by atoms with van der Waals surface area (Å²) in [4.78, 5) is 4.24. The lowest BCUT2D eigenvalue weighted by Gasteiger charge is -2.07. The summed E-state index contributed by atoms with van der Waals surface area (Å²) in [5, 5.41) is 4.91. The fourth-order valence-corrected chi connectivity index (χ4v) is 1.83. The van der Waals surface area contributed by atoms with E-state index in [9.17, 15) is 0 Å². The minimum atomic E-state index is 0.421. The number of pyridine rings is 1. The first-order valence-electron chi connectivity index (χ1n) is 5.66. The van der Waals surface area contributed by atoms with Gasteiger partial charge in [0.25, 0.3) is 0 Å². The summed E-state index contributed by atoms with van der Waals surface area (Å²) in [6.45, 7) is 4.15. The monoisotopic (exact) mass is 250 g/mol. The van der Waals surface area contributed by atoms with Gasteiger partial charge in [-0.25, -0.2) is 9.67 Å². The maximum atomic E-state index is 5.91. The van der Waals surface area contributed by atoms with Gasteiger partial charge in [0.2, 0.25) is 0 Å². The molecule has 2 heterocycles. The van der Waals surface area contributed by atoms with Gasteiger partial charge in [0, 0.05) is 5.69 Å². The number of rotatable bonds is 3. The van der Waals surface area contributed by atoms with Gasteiger partial charge in [-0.1, -0.05) is 25.4 Å². The molecule has 0 aliphatic carbocycles. The summed E-state index contributed by atoms with van der Waals surface area (Å²) in [5.74, 6) is 0.606.